The normalized spacial score (nSPS) is 29.7. The number of hydrogen-bond donors (Lipinski definition) is 0. The van der Waals surface area contributed by atoms with E-state index in [0.29, 0.717) is 6.61 Å². The summed E-state index contributed by atoms with van der Waals surface area (Å²) < 4.78 is 9.86. The average Bonchev–Trinajstić information content (AvgIpc) is 2.79. The third kappa shape index (κ3) is 1.43. The highest BCUT2D eigenvalue weighted by Crippen LogP contribution is 2.35. The van der Waals surface area contributed by atoms with Crippen LogP contribution in [0.15, 0.2) is 12.2 Å². The third-order valence-electron chi connectivity index (χ3n) is 1.91. The van der Waals surface area contributed by atoms with Crippen LogP contribution in [0, 0.1) is 5.41 Å². The molecule has 1 atom stereocenters. The predicted octanol–water partition coefficient (Wildman–Crippen LogP) is 0.504. The lowest BCUT2D eigenvalue weighted by Crippen LogP contribution is -2.19. The highest BCUT2D eigenvalue weighted by Gasteiger charge is 2.39. The van der Waals surface area contributed by atoms with E-state index in [4.69, 9.17) is 9.47 Å². The van der Waals surface area contributed by atoms with E-state index in [1.54, 1.807) is 0 Å². The van der Waals surface area contributed by atoms with Crippen LogP contribution in [0.2, 0.25) is 0 Å². The first-order valence-corrected chi connectivity index (χ1v) is 3.70. The summed E-state index contributed by atoms with van der Waals surface area (Å²) in [5, 5.41) is 0. The second kappa shape index (κ2) is 2.08. The van der Waals surface area contributed by atoms with Crippen molar-refractivity contribution < 1.29 is 14.3 Å². The minimum Gasteiger partial charge on any atom is -0.462 e. The van der Waals surface area contributed by atoms with Gasteiger partial charge >= 0.3 is 5.97 Å². The summed E-state index contributed by atoms with van der Waals surface area (Å²) in [6.45, 7) is 2.98. The van der Waals surface area contributed by atoms with Gasteiger partial charge in [0.2, 0.25) is 0 Å². The van der Waals surface area contributed by atoms with Crippen molar-refractivity contribution in [3.05, 3.63) is 12.2 Å². The second-order valence-electron chi connectivity index (χ2n) is 3.17. The van der Waals surface area contributed by atoms with Crippen molar-refractivity contribution in [1.29, 1.82) is 0 Å². The molecule has 0 aromatic carbocycles. The molecule has 0 spiro atoms. The molecule has 3 heteroatoms. The number of ether oxygens (including phenoxy) is 2. The smallest absolute Gasteiger partial charge is 0.319 e. The highest BCUT2D eigenvalue weighted by atomic mass is 16.6. The first-order chi connectivity index (χ1) is 5.21. The monoisotopic (exact) mass is 154 g/mol. The summed E-state index contributed by atoms with van der Waals surface area (Å²) in [5.74, 6) is -0.159. The van der Waals surface area contributed by atoms with Gasteiger partial charge in [0, 0.05) is 0 Å². The highest BCUT2D eigenvalue weighted by molar-refractivity contribution is 5.85. The quantitative estimate of drug-likeness (QED) is 0.337. The topological polar surface area (TPSA) is 38.8 Å². The number of hydrogen-bond acceptors (Lipinski definition) is 3. The van der Waals surface area contributed by atoms with Gasteiger partial charge < -0.3 is 9.47 Å². The van der Waals surface area contributed by atoms with Crippen molar-refractivity contribution in [2.75, 3.05) is 13.2 Å². The van der Waals surface area contributed by atoms with Gasteiger partial charge in [0.25, 0.3) is 0 Å². The van der Waals surface area contributed by atoms with E-state index in [-0.39, 0.29) is 12.1 Å². The van der Waals surface area contributed by atoms with Crippen LogP contribution >= 0.6 is 0 Å². The zero-order valence-corrected chi connectivity index (χ0v) is 6.37. The second-order valence-corrected chi connectivity index (χ2v) is 3.17. The maximum atomic E-state index is 11.1. The Morgan fingerprint density at radius 3 is 2.91 bits per heavy atom. The molecule has 0 N–H and O–H groups in total. The SMILES string of the molecule is CC1(C(=O)OCC2CO2)C=C1. The molecule has 1 aliphatic carbocycles. The molecule has 0 saturated carbocycles. The van der Waals surface area contributed by atoms with E-state index in [9.17, 15) is 4.79 Å². The van der Waals surface area contributed by atoms with Crippen molar-refractivity contribution in [2.45, 2.75) is 13.0 Å². The summed E-state index contributed by atoms with van der Waals surface area (Å²) in [4.78, 5) is 11.1. The number of carbonyl (C=O) groups excluding carboxylic acids is 1. The van der Waals surface area contributed by atoms with E-state index in [1.807, 2.05) is 19.1 Å². The molecule has 11 heavy (non-hydrogen) atoms. The lowest BCUT2D eigenvalue weighted by atomic mass is 10.1. The van der Waals surface area contributed by atoms with Crippen LogP contribution in [0.4, 0.5) is 0 Å². The molecule has 1 saturated heterocycles. The fourth-order valence-corrected chi connectivity index (χ4v) is 0.749. The fourth-order valence-electron chi connectivity index (χ4n) is 0.749. The minimum atomic E-state index is -0.394. The first kappa shape index (κ1) is 6.85. The Morgan fingerprint density at radius 1 is 1.82 bits per heavy atom. The van der Waals surface area contributed by atoms with Crippen molar-refractivity contribution in [3.8, 4) is 0 Å². The van der Waals surface area contributed by atoms with Gasteiger partial charge in [0.15, 0.2) is 0 Å². The van der Waals surface area contributed by atoms with Crippen LogP contribution in [-0.2, 0) is 14.3 Å². The van der Waals surface area contributed by atoms with Gasteiger partial charge in [0.05, 0.1) is 6.61 Å². The molecule has 2 rings (SSSR count). The number of epoxide rings is 1. The number of carbonyl (C=O) groups is 1. The Kier molecular flexibility index (Phi) is 1.29. The molecule has 2 aliphatic rings. The van der Waals surface area contributed by atoms with Crippen molar-refractivity contribution >= 4 is 5.97 Å². The van der Waals surface area contributed by atoms with Gasteiger partial charge in [-0.25, -0.2) is 0 Å². The third-order valence-corrected chi connectivity index (χ3v) is 1.91. The van der Waals surface area contributed by atoms with Gasteiger partial charge in [-0.05, 0) is 6.92 Å². The zero-order valence-electron chi connectivity index (χ0n) is 6.37. The van der Waals surface area contributed by atoms with Gasteiger partial charge in [-0.1, -0.05) is 12.2 Å². The van der Waals surface area contributed by atoms with E-state index in [1.165, 1.54) is 0 Å². The zero-order chi connectivity index (χ0) is 7.90. The summed E-state index contributed by atoms with van der Waals surface area (Å²) in [6.07, 6.45) is 3.84. The molecular formula is C8H10O3. The van der Waals surface area contributed by atoms with E-state index >= 15 is 0 Å². The molecule has 0 aromatic rings. The maximum absolute atomic E-state index is 11.1. The van der Waals surface area contributed by atoms with Crippen LogP contribution in [0.3, 0.4) is 0 Å². The van der Waals surface area contributed by atoms with Gasteiger partial charge in [-0.3, -0.25) is 4.79 Å². The maximum Gasteiger partial charge on any atom is 0.319 e. The van der Waals surface area contributed by atoms with Crippen LogP contribution < -0.4 is 0 Å². The lowest BCUT2D eigenvalue weighted by molar-refractivity contribution is -0.148. The van der Waals surface area contributed by atoms with Crippen LogP contribution in [-0.4, -0.2) is 25.3 Å². The van der Waals surface area contributed by atoms with Crippen LogP contribution in [0.1, 0.15) is 6.92 Å². The molecule has 0 amide bonds. The number of rotatable bonds is 3. The van der Waals surface area contributed by atoms with Gasteiger partial charge in [-0.15, -0.1) is 0 Å². The molecule has 0 aromatic heterocycles. The summed E-state index contributed by atoms with van der Waals surface area (Å²) in [5.41, 5.74) is -0.394. The largest absolute Gasteiger partial charge is 0.462 e. The molecule has 0 bridgehead atoms. The van der Waals surface area contributed by atoms with Crippen molar-refractivity contribution in [2.24, 2.45) is 5.41 Å². The summed E-state index contributed by atoms with van der Waals surface area (Å²) in [6, 6.07) is 0. The molecular weight excluding hydrogens is 144 g/mol. The lowest BCUT2D eigenvalue weighted by Gasteiger charge is -2.07. The van der Waals surface area contributed by atoms with E-state index < -0.39 is 5.41 Å². The molecule has 3 nitrogen and oxygen atoms in total. The molecule has 1 aliphatic heterocycles. The van der Waals surface area contributed by atoms with E-state index in [2.05, 4.69) is 0 Å². The Bertz CT molecular complexity index is 209. The Morgan fingerprint density at radius 2 is 2.45 bits per heavy atom. The molecule has 0 radical (unpaired) electrons. The average molecular weight is 154 g/mol. The fraction of sp³-hybridized carbons (Fsp3) is 0.625. The van der Waals surface area contributed by atoms with Crippen molar-refractivity contribution in [3.63, 3.8) is 0 Å². The number of esters is 1. The Balaban J connectivity index is 1.72. The predicted molar refractivity (Wildman–Crippen MR) is 37.9 cm³/mol. The van der Waals surface area contributed by atoms with Gasteiger partial charge in [-0.2, -0.15) is 0 Å². The van der Waals surface area contributed by atoms with Crippen LogP contribution in [0.5, 0.6) is 0 Å². The molecule has 60 valence electrons. The van der Waals surface area contributed by atoms with Crippen molar-refractivity contribution in [1.82, 2.24) is 0 Å². The summed E-state index contributed by atoms with van der Waals surface area (Å²) in [7, 11) is 0. The van der Waals surface area contributed by atoms with Gasteiger partial charge in [0.1, 0.15) is 18.1 Å². The van der Waals surface area contributed by atoms with Crippen LogP contribution in [0.25, 0.3) is 0 Å². The Labute approximate surface area is 65.0 Å². The molecule has 1 heterocycles. The molecule has 1 fully saturated rings. The summed E-state index contributed by atoms with van der Waals surface area (Å²) >= 11 is 0. The standard InChI is InChI=1S/C8H10O3/c1-8(2-3-8)7(9)11-5-6-4-10-6/h2-3,6H,4-5H2,1H3. The minimum absolute atomic E-state index is 0.159. The Hall–Kier alpha value is -0.830. The van der Waals surface area contributed by atoms with E-state index in [0.717, 1.165) is 6.61 Å². The molecule has 1 unspecified atom stereocenters. The first-order valence-electron chi connectivity index (χ1n) is 3.70.